The van der Waals surface area contributed by atoms with Crippen LogP contribution in [-0.2, 0) is 19.1 Å². The van der Waals surface area contributed by atoms with Crippen molar-refractivity contribution >= 4 is 11.8 Å². The Balaban J connectivity index is 1.59. The van der Waals surface area contributed by atoms with Gasteiger partial charge in [-0.05, 0) is 25.7 Å². The Kier molecular flexibility index (Phi) is 4.21. The predicted octanol–water partition coefficient (Wildman–Crippen LogP) is -0.0810. The van der Waals surface area contributed by atoms with E-state index in [1.54, 1.807) is 0 Å². The first-order chi connectivity index (χ1) is 9.74. The summed E-state index contributed by atoms with van der Waals surface area (Å²) in [4.78, 5) is 25.8. The molecule has 0 spiro atoms. The molecule has 20 heavy (non-hydrogen) atoms. The van der Waals surface area contributed by atoms with Gasteiger partial charge in [0.25, 0.3) is 0 Å². The second-order valence-electron chi connectivity index (χ2n) is 5.81. The molecule has 0 unspecified atom stereocenters. The van der Waals surface area contributed by atoms with Crippen molar-refractivity contribution in [1.29, 1.82) is 0 Å². The quantitative estimate of drug-likeness (QED) is 0.730. The normalized spacial score (nSPS) is 32.2. The van der Waals surface area contributed by atoms with Crippen molar-refractivity contribution in [2.24, 2.45) is 5.92 Å². The number of carbonyl (C=O) groups is 2. The summed E-state index contributed by atoms with van der Waals surface area (Å²) in [6.07, 6.45) is 3.30. The van der Waals surface area contributed by atoms with Gasteiger partial charge in [0, 0.05) is 32.2 Å². The summed E-state index contributed by atoms with van der Waals surface area (Å²) in [5, 5.41) is 2.98. The lowest BCUT2D eigenvalue weighted by atomic mass is 9.98. The fourth-order valence-corrected chi connectivity index (χ4v) is 3.30. The van der Waals surface area contributed by atoms with Crippen LogP contribution in [0.3, 0.4) is 0 Å². The molecule has 0 aromatic heterocycles. The van der Waals surface area contributed by atoms with Crippen molar-refractivity contribution in [1.82, 2.24) is 10.2 Å². The Morgan fingerprint density at radius 3 is 2.70 bits per heavy atom. The van der Waals surface area contributed by atoms with Crippen LogP contribution >= 0.6 is 0 Å². The van der Waals surface area contributed by atoms with Gasteiger partial charge in [-0.3, -0.25) is 9.59 Å². The summed E-state index contributed by atoms with van der Waals surface area (Å²) >= 11 is 0. The van der Waals surface area contributed by atoms with E-state index in [0.717, 1.165) is 32.2 Å². The molecule has 0 bridgehead atoms. The van der Waals surface area contributed by atoms with Gasteiger partial charge in [0.1, 0.15) is 6.61 Å². The fourth-order valence-electron chi connectivity index (χ4n) is 3.30. The zero-order valence-corrected chi connectivity index (χ0v) is 11.7. The van der Waals surface area contributed by atoms with Crippen LogP contribution in [0.25, 0.3) is 0 Å². The minimum Gasteiger partial charge on any atom is -0.381 e. The highest BCUT2D eigenvalue weighted by atomic mass is 16.5. The standard InChI is InChI=1S/C14H22N2O4/c17-13-9-20-12-2-6-16(5-1-11(12)15-13)14(18)10-3-7-19-8-4-10/h10-12H,1-9H2,(H,15,17)/t11-,12-/m0/s1. The van der Waals surface area contributed by atoms with Crippen molar-refractivity contribution in [3.05, 3.63) is 0 Å². The van der Waals surface area contributed by atoms with Gasteiger partial charge < -0.3 is 19.7 Å². The number of fused-ring (bicyclic) bond motifs is 1. The van der Waals surface area contributed by atoms with Gasteiger partial charge in [-0.2, -0.15) is 0 Å². The summed E-state index contributed by atoms with van der Waals surface area (Å²) in [6.45, 7) is 2.96. The molecule has 6 heteroatoms. The SMILES string of the molecule is O=C1CO[C@H]2CCN(C(=O)C3CCOCC3)CC[C@@H]2N1. The lowest BCUT2D eigenvalue weighted by Gasteiger charge is -2.30. The van der Waals surface area contributed by atoms with Gasteiger partial charge in [0.15, 0.2) is 0 Å². The molecule has 2 amide bonds. The summed E-state index contributed by atoms with van der Waals surface area (Å²) in [5.41, 5.74) is 0. The van der Waals surface area contributed by atoms with Crippen LogP contribution in [0.5, 0.6) is 0 Å². The van der Waals surface area contributed by atoms with Gasteiger partial charge >= 0.3 is 0 Å². The van der Waals surface area contributed by atoms with Crippen LogP contribution in [0, 0.1) is 5.92 Å². The van der Waals surface area contributed by atoms with E-state index in [1.807, 2.05) is 4.90 Å². The van der Waals surface area contributed by atoms with E-state index >= 15 is 0 Å². The summed E-state index contributed by atoms with van der Waals surface area (Å²) in [5.74, 6) is 0.313. The van der Waals surface area contributed by atoms with Crippen molar-refractivity contribution in [2.75, 3.05) is 32.9 Å². The Bertz CT molecular complexity index is 381. The third-order valence-corrected chi connectivity index (χ3v) is 4.50. The van der Waals surface area contributed by atoms with Gasteiger partial charge in [-0.15, -0.1) is 0 Å². The van der Waals surface area contributed by atoms with E-state index in [1.165, 1.54) is 0 Å². The Hall–Kier alpha value is -1.14. The van der Waals surface area contributed by atoms with Crippen molar-refractivity contribution < 1.29 is 19.1 Å². The van der Waals surface area contributed by atoms with E-state index in [0.29, 0.717) is 19.8 Å². The molecule has 3 rings (SSSR count). The average molecular weight is 282 g/mol. The number of ether oxygens (including phenoxy) is 2. The van der Waals surface area contributed by atoms with E-state index in [9.17, 15) is 9.59 Å². The number of morpholine rings is 1. The molecule has 3 aliphatic heterocycles. The number of hydrogen-bond donors (Lipinski definition) is 1. The highest BCUT2D eigenvalue weighted by molar-refractivity contribution is 5.79. The summed E-state index contributed by atoms with van der Waals surface area (Å²) < 4.78 is 10.9. The summed E-state index contributed by atoms with van der Waals surface area (Å²) in [6, 6.07) is 0.0590. The molecular formula is C14H22N2O4. The molecule has 6 nitrogen and oxygen atoms in total. The first-order valence-electron chi connectivity index (χ1n) is 7.51. The molecule has 0 aromatic carbocycles. The molecule has 0 aliphatic carbocycles. The fraction of sp³-hybridized carbons (Fsp3) is 0.857. The number of rotatable bonds is 1. The van der Waals surface area contributed by atoms with Crippen LogP contribution in [0.15, 0.2) is 0 Å². The Labute approximate surface area is 118 Å². The molecule has 3 aliphatic rings. The van der Waals surface area contributed by atoms with E-state index < -0.39 is 0 Å². The van der Waals surface area contributed by atoms with Crippen molar-refractivity contribution in [3.8, 4) is 0 Å². The number of amides is 2. The monoisotopic (exact) mass is 282 g/mol. The molecule has 3 heterocycles. The van der Waals surface area contributed by atoms with Gasteiger partial charge in [-0.25, -0.2) is 0 Å². The molecule has 0 saturated carbocycles. The molecule has 1 N–H and O–H groups in total. The van der Waals surface area contributed by atoms with E-state index in [-0.39, 0.29) is 36.5 Å². The molecule has 2 atom stereocenters. The lowest BCUT2D eigenvalue weighted by molar-refractivity contribution is -0.139. The van der Waals surface area contributed by atoms with Crippen LogP contribution in [-0.4, -0.2) is 61.8 Å². The molecule has 0 aromatic rings. The third-order valence-electron chi connectivity index (χ3n) is 4.50. The van der Waals surface area contributed by atoms with Gasteiger partial charge in [0.2, 0.25) is 11.8 Å². The third kappa shape index (κ3) is 2.96. The van der Waals surface area contributed by atoms with Gasteiger partial charge in [-0.1, -0.05) is 0 Å². The largest absolute Gasteiger partial charge is 0.381 e. The predicted molar refractivity (Wildman–Crippen MR) is 71.0 cm³/mol. The molecule has 3 fully saturated rings. The number of carbonyl (C=O) groups excluding carboxylic acids is 2. The molecular weight excluding hydrogens is 260 g/mol. The van der Waals surface area contributed by atoms with Crippen LogP contribution in [0.1, 0.15) is 25.7 Å². The first-order valence-corrected chi connectivity index (χ1v) is 7.51. The van der Waals surface area contributed by atoms with Crippen LogP contribution < -0.4 is 5.32 Å². The van der Waals surface area contributed by atoms with E-state index in [4.69, 9.17) is 9.47 Å². The number of nitrogens with one attached hydrogen (secondary N) is 1. The maximum Gasteiger partial charge on any atom is 0.246 e. The molecule has 3 saturated heterocycles. The summed E-state index contributed by atoms with van der Waals surface area (Å²) in [7, 11) is 0. The van der Waals surface area contributed by atoms with Crippen LogP contribution in [0.4, 0.5) is 0 Å². The number of likely N-dealkylation sites (tertiary alicyclic amines) is 1. The van der Waals surface area contributed by atoms with Crippen molar-refractivity contribution in [2.45, 2.75) is 37.8 Å². The minimum absolute atomic E-state index is 0.0459. The number of nitrogens with zero attached hydrogens (tertiary/aromatic N) is 1. The second-order valence-corrected chi connectivity index (χ2v) is 5.81. The average Bonchev–Trinajstić information content (AvgIpc) is 2.69. The Morgan fingerprint density at radius 1 is 1.15 bits per heavy atom. The Morgan fingerprint density at radius 2 is 1.90 bits per heavy atom. The first kappa shape index (κ1) is 13.8. The minimum atomic E-state index is -0.0459. The molecule has 112 valence electrons. The maximum atomic E-state index is 12.5. The zero-order chi connectivity index (χ0) is 13.9. The number of hydrogen-bond acceptors (Lipinski definition) is 4. The van der Waals surface area contributed by atoms with E-state index in [2.05, 4.69) is 5.32 Å². The zero-order valence-electron chi connectivity index (χ0n) is 11.7. The van der Waals surface area contributed by atoms with Gasteiger partial charge in [0.05, 0.1) is 12.1 Å². The molecule has 0 radical (unpaired) electrons. The maximum absolute atomic E-state index is 12.5. The smallest absolute Gasteiger partial charge is 0.246 e. The topological polar surface area (TPSA) is 67.9 Å². The highest BCUT2D eigenvalue weighted by Gasteiger charge is 2.35. The van der Waals surface area contributed by atoms with Crippen LogP contribution in [0.2, 0.25) is 0 Å². The second kappa shape index (κ2) is 6.10. The van der Waals surface area contributed by atoms with Crippen molar-refractivity contribution in [3.63, 3.8) is 0 Å². The highest BCUT2D eigenvalue weighted by Crippen LogP contribution is 2.22. The lowest BCUT2D eigenvalue weighted by Crippen LogP contribution is -2.51.